The molecule has 0 saturated carbocycles. The van der Waals surface area contributed by atoms with Crippen molar-refractivity contribution in [3.8, 4) is 0 Å². The highest BCUT2D eigenvalue weighted by Gasteiger charge is 2.17. The van der Waals surface area contributed by atoms with Crippen LogP contribution in [0, 0.1) is 0 Å². The third-order valence-electron chi connectivity index (χ3n) is 3.99. The molecule has 1 aliphatic heterocycles. The lowest BCUT2D eigenvalue weighted by molar-refractivity contribution is 0.0665. The van der Waals surface area contributed by atoms with Gasteiger partial charge < -0.3 is 14.4 Å². The number of rotatable bonds is 4. The van der Waals surface area contributed by atoms with Crippen LogP contribution in [0.5, 0.6) is 0 Å². The van der Waals surface area contributed by atoms with Gasteiger partial charge in [0.25, 0.3) is 0 Å². The molecule has 1 N–H and O–H groups in total. The van der Waals surface area contributed by atoms with Crippen LogP contribution >= 0.6 is 0 Å². The molecule has 3 rings (SSSR count). The Hall–Kier alpha value is -2.01. The minimum Gasteiger partial charge on any atom is -0.475 e. The molecule has 0 atom stereocenters. The van der Waals surface area contributed by atoms with E-state index in [1.807, 2.05) is 18.2 Å². The fourth-order valence-corrected chi connectivity index (χ4v) is 2.88. The van der Waals surface area contributed by atoms with Gasteiger partial charge in [-0.15, -0.1) is 0 Å². The van der Waals surface area contributed by atoms with Crippen molar-refractivity contribution in [3.63, 3.8) is 0 Å². The molecule has 0 bridgehead atoms. The number of furan rings is 1. The summed E-state index contributed by atoms with van der Waals surface area (Å²) in [4.78, 5) is 15.8. The predicted octanol–water partition coefficient (Wildman–Crippen LogP) is 2.66. The Balaban J connectivity index is 1.77. The molecule has 0 unspecified atom stereocenters. The molecule has 0 radical (unpaired) electrons. The molecule has 0 amide bonds. The Morgan fingerprint density at radius 3 is 2.67 bits per heavy atom. The van der Waals surface area contributed by atoms with Gasteiger partial charge in [-0.05, 0) is 37.2 Å². The lowest BCUT2D eigenvalue weighted by atomic mass is 10.2. The first kappa shape index (κ1) is 13.9. The van der Waals surface area contributed by atoms with Crippen LogP contribution in [0.25, 0.3) is 11.0 Å². The fourth-order valence-electron chi connectivity index (χ4n) is 2.88. The molecule has 1 aliphatic rings. The normalized spacial score (nSPS) is 16.5. The molecule has 0 spiro atoms. The van der Waals surface area contributed by atoms with Gasteiger partial charge in [-0.3, -0.25) is 4.90 Å². The number of aromatic carboxylic acids is 1. The zero-order chi connectivity index (χ0) is 14.8. The second kappa shape index (κ2) is 5.77. The molecule has 1 aromatic carbocycles. The highest BCUT2D eigenvalue weighted by atomic mass is 16.4. The van der Waals surface area contributed by atoms with Crippen molar-refractivity contribution in [2.24, 2.45) is 0 Å². The summed E-state index contributed by atoms with van der Waals surface area (Å²) in [5, 5.41) is 9.82. The number of carboxylic acids is 1. The molecule has 1 aromatic heterocycles. The molecule has 5 nitrogen and oxygen atoms in total. The number of hydrogen-bond donors (Lipinski definition) is 1. The van der Waals surface area contributed by atoms with Gasteiger partial charge in [-0.1, -0.05) is 6.92 Å². The summed E-state index contributed by atoms with van der Waals surface area (Å²) in [7, 11) is 0. The van der Waals surface area contributed by atoms with E-state index >= 15 is 0 Å². The van der Waals surface area contributed by atoms with Crippen LogP contribution in [0.2, 0.25) is 0 Å². The number of nitrogens with zero attached hydrogens (tertiary/aromatic N) is 2. The molecule has 1 saturated heterocycles. The van der Waals surface area contributed by atoms with E-state index < -0.39 is 5.97 Å². The average Bonchev–Trinajstić information content (AvgIpc) is 2.91. The van der Waals surface area contributed by atoms with E-state index in [4.69, 9.17) is 9.52 Å². The lowest BCUT2D eigenvalue weighted by Gasteiger charge is -2.36. The Morgan fingerprint density at radius 2 is 2.00 bits per heavy atom. The van der Waals surface area contributed by atoms with E-state index in [1.54, 1.807) is 6.07 Å². The first-order valence-corrected chi connectivity index (χ1v) is 7.41. The highest BCUT2D eigenvalue weighted by molar-refractivity contribution is 5.92. The summed E-state index contributed by atoms with van der Waals surface area (Å²) in [6, 6.07) is 7.47. The van der Waals surface area contributed by atoms with E-state index in [2.05, 4.69) is 16.7 Å². The Labute approximate surface area is 123 Å². The average molecular weight is 288 g/mol. The zero-order valence-electron chi connectivity index (χ0n) is 12.2. The van der Waals surface area contributed by atoms with Crippen LogP contribution in [-0.2, 0) is 0 Å². The number of benzene rings is 1. The second-order valence-electron chi connectivity index (χ2n) is 5.47. The van der Waals surface area contributed by atoms with Crippen molar-refractivity contribution >= 4 is 22.6 Å². The van der Waals surface area contributed by atoms with Crippen molar-refractivity contribution in [2.45, 2.75) is 13.3 Å². The molecule has 1 fully saturated rings. The van der Waals surface area contributed by atoms with E-state index in [0.717, 1.165) is 43.8 Å². The van der Waals surface area contributed by atoms with Crippen LogP contribution in [0.15, 0.2) is 28.7 Å². The smallest absolute Gasteiger partial charge is 0.371 e. The van der Waals surface area contributed by atoms with Crippen LogP contribution < -0.4 is 4.90 Å². The first-order valence-electron chi connectivity index (χ1n) is 7.41. The molecular weight excluding hydrogens is 268 g/mol. The predicted molar refractivity (Wildman–Crippen MR) is 82.1 cm³/mol. The molecule has 112 valence electrons. The Bertz CT molecular complexity index is 642. The number of carbonyl (C=O) groups is 1. The van der Waals surface area contributed by atoms with Crippen molar-refractivity contribution in [3.05, 3.63) is 30.0 Å². The van der Waals surface area contributed by atoms with Gasteiger partial charge >= 0.3 is 5.97 Å². The summed E-state index contributed by atoms with van der Waals surface area (Å²) < 4.78 is 5.29. The van der Waals surface area contributed by atoms with Crippen LogP contribution in [0.3, 0.4) is 0 Å². The van der Waals surface area contributed by atoms with E-state index in [1.165, 1.54) is 6.42 Å². The van der Waals surface area contributed by atoms with Crippen LogP contribution in [0.1, 0.15) is 23.9 Å². The zero-order valence-corrected chi connectivity index (χ0v) is 12.2. The van der Waals surface area contributed by atoms with Crippen molar-refractivity contribution < 1.29 is 14.3 Å². The summed E-state index contributed by atoms with van der Waals surface area (Å²) in [5.41, 5.74) is 1.76. The van der Waals surface area contributed by atoms with Gasteiger partial charge in [0.05, 0.1) is 0 Å². The van der Waals surface area contributed by atoms with E-state index in [-0.39, 0.29) is 5.76 Å². The van der Waals surface area contributed by atoms with Crippen LogP contribution in [-0.4, -0.2) is 48.7 Å². The molecule has 21 heavy (non-hydrogen) atoms. The summed E-state index contributed by atoms with van der Waals surface area (Å²) in [6.45, 7) is 7.55. The van der Waals surface area contributed by atoms with Crippen molar-refractivity contribution in [1.29, 1.82) is 0 Å². The standard InChI is InChI=1S/C16H20N2O3/c1-2-5-17-6-8-18(9-7-17)13-3-4-14-12(10-13)11-15(21-14)16(19)20/h3-4,10-11H,2,5-9H2,1H3,(H,19,20). The third kappa shape index (κ3) is 2.88. The van der Waals surface area contributed by atoms with Crippen molar-refractivity contribution in [1.82, 2.24) is 4.90 Å². The fraction of sp³-hybridized carbons (Fsp3) is 0.438. The maximum Gasteiger partial charge on any atom is 0.371 e. The lowest BCUT2D eigenvalue weighted by Crippen LogP contribution is -2.46. The summed E-state index contributed by atoms with van der Waals surface area (Å²) >= 11 is 0. The van der Waals surface area contributed by atoms with Gasteiger partial charge in [-0.2, -0.15) is 0 Å². The first-order chi connectivity index (χ1) is 10.2. The third-order valence-corrected chi connectivity index (χ3v) is 3.99. The second-order valence-corrected chi connectivity index (χ2v) is 5.47. The SMILES string of the molecule is CCCN1CCN(c2ccc3oc(C(=O)O)cc3c2)CC1. The van der Waals surface area contributed by atoms with Crippen LogP contribution in [0.4, 0.5) is 5.69 Å². The van der Waals surface area contributed by atoms with Gasteiger partial charge in [0, 0.05) is 37.3 Å². The topological polar surface area (TPSA) is 56.9 Å². The van der Waals surface area contributed by atoms with Crippen molar-refractivity contribution in [2.75, 3.05) is 37.6 Å². The number of carboxylic acid groups (broad SMARTS) is 1. The summed E-state index contributed by atoms with van der Waals surface area (Å²) in [6.07, 6.45) is 1.19. The molecule has 5 heteroatoms. The Kier molecular flexibility index (Phi) is 3.84. The minimum atomic E-state index is -1.03. The highest BCUT2D eigenvalue weighted by Crippen LogP contribution is 2.26. The number of anilines is 1. The van der Waals surface area contributed by atoms with Gasteiger partial charge in [-0.25, -0.2) is 4.79 Å². The Morgan fingerprint density at radius 1 is 1.24 bits per heavy atom. The summed E-state index contributed by atoms with van der Waals surface area (Å²) in [5.74, 6) is -1.03. The molecule has 2 heterocycles. The van der Waals surface area contributed by atoms with Gasteiger partial charge in [0.1, 0.15) is 5.58 Å². The number of hydrogen-bond acceptors (Lipinski definition) is 4. The largest absolute Gasteiger partial charge is 0.475 e. The number of fused-ring (bicyclic) bond motifs is 1. The van der Waals surface area contributed by atoms with Gasteiger partial charge in [0.15, 0.2) is 0 Å². The maximum absolute atomic E-state index is 10.9. The molecule has 2 aromatic rings. The monoisotopic (exact) mass is 288 g/mol. The van der Waals surface area contributed by atoms with E-state index in [9.17, 15) is 4.79 Å². The maximum atomic E-state index is 10.9. The quantitative estimate of drug-likeness (QED) is 0.937. The molecular formula is C16H20N2O3. The van der Waals surface area contributed by atoms with Gasteiger partial charge in [0.2, 0.25) is 5.76 Å². The minimum absolute atomic E-state index is 0.00471. The number of piperazine rings is 1. The molecule has 0 aliphatic carbocycles. The van der Waals surface area contributed by atoms with E-state index in [0.29, 0.717) is 5.58 Å².